The number of rotatable bonds is 2. The molecule has 1 aromatic heterocycles. The Kier molecular flexibility index (Phi) is 3.03. The van der Waals surface area contributed by atoms with E-state index in [-0.39, 0.29) is 12.6 Å². The number of pyridine rings is 1. The number of aliphatic hydroxyl groups excluding tert-OH is 1. The molecule has 1 N–H and O–H groups in total. The van der Waals surface area contributed by atoms with Crippen LogP contribution in [0.5, 0.6) is 0 Å². The van der Waals surface area contributed by atoms with Crippen molar-refractivity contribution in [3.05, 3.63) is 22.9 Å². The highest BCUT2D eigenvalue weighted by molar-refractivity contribution is 9.10. The summed E-state index contributed by atoms with van der Waals surface area (Å²) >= 11 is 3.40. The van der Waals surface area contributed by atoms with E-state index in [2.05, 4.69) is 25.8 Å². The van der Waals surface area contributed by atoms with Crippen molar-refractivity contribution < 1.29 is 5.11 Å². The highest BCUT2D eigenvalue weighted by atomic mass is 79.9. The Morgan fingerprint density at radius 3 is 3.14 bits per heavy atom. The van der Waals surface area contributed by atoms with Gasteiger partial charge in [-0.05, 0) is 34.8 Å². The van der Waals surface area contributed by atoms with E-state index in [1.165, 1.54) is 0 Å². The SMILES string of the molecule is OCC1CCCN1c1cncc(Br)c1. The maximum absolute atomic E-state index is 9.19. The zero-order valence-corrected chi connectivity index (χ0v) is 9.44. The van der Waals surface area contributed by atoms with Crippen molar-refractivity contribution in [2.75, 3.05) is 18.1 Å². The summed E-state index contributed by atoms with van der Waals surface area (Å²) in [6.07, 6.45) is 5.84. The van der Waals surface area contributed by atoms with Gasteiger partial charge >= 0.3 is 0 Å². The monoisotopic (exact) mass is 256 g/mol. The van der Waals surface area contributed by atoms with Crippen molar-refractivity contribution in [1.82, 2.24) is 4.98 Å². The van der Waals surface area contributed by atoms with E-state index < -0.39 is 0 Å². The van der Waals surface area contributed by atoms with Gasteiger partial charge in [-0.25, -0.2) is 0 Å². The maximum Gasteiger partial charge on any atom is 0.0635 e. The van der Waals surface area contributed by atoms with Gasteiger partial charge in [-0.1, -0.05) is 0 Å². The molecule has 76 valence electrons. The standard InChI is InChI=1S/C10H13BrN2O/c11-8-4-10(6-12-5-8)13-3-1-2-9(13)7-14/h4-6,9,14H,1-3,7H2. The van der Waals surface area contributed by atoms with Crippen LogP contribution < -0.4 is 4.90 Å². The van der Waals surface area contributed by atoms with Gasteiger partial charge in [0.2, 0.25) is 0 Å². The van der Waals surface area contributed by atoms with Gasteiger partial charge in [0.15, 0.2) is 0 Å². The van der Waals surface area contributed by atoms with Gasteiger partial charge in [-0.3, -0.25) is 4.98 Å². The van der Waals surface area contributed by atoms with Crippen LogP contribution in [0.25, 0.3) is 0 Å². The first-order valence-corrected chi connectivity index (χ1v) is 5.58. The molecular weight excluding hydrogens is 244 g/mol. The average Bonchev–Trinajstić information content (AvgIpc) is 2.65. The first kappa shape index (κ1) is 9.93. The Morgan fingerprint density at radius 2 is 2.43 bits per heavy atom. The van der Waals surface area contributed by atoms with E-state index in [1.54, 1.807) is 6.20 Å². The van der Waals surface area contributed by atoms with Gasteiger partial charge in [0.25, 0.3) is 0 Å². The molecule has 3 nitrogen and oxygen atoms in total. The smallest absolute Gasteiger partial charge is 0.0635 e. The molecule has 1 saturated heterocycles. The summed E-state index contributed by atoms with van der Waals surface area (Å²) in [5, 5.41) is 9.19. The molecule has 4 heteroatoms. The molecule has 1 atom stereocenters. The third-order valence-electron chi connectivity index (χ3n) is 2.61. The summed E-state index contributed by atoms with van der Waals surface area (Å²) in [5.74, 6) is 0. The third-order valence-corrected chi connectivity index (χ3v) is 3.04. The van der Waals surface area contributed by atoms with E-state index in [0.29, 0.717) is 0 Å². The summed E-state index contributed by atoms with van der Waals surface area (Å²) in [7, 11) is 0. The second kappa shape index (κ2) is 4.28. The zero-order chi connectivity index (χ0) is 9.97. The fourth-order valence-electron chi connectivity index (χ4n) is 1.92. The number of aromatic nitrogens is 1. The van der Waals surface area contributed by atoms with E-state index in [1.807, 2.05) is 12.3 Å². The van der Waals surface area contributed by atoms with Crippen molar-refractivity contribution in [2.24, 2.45) is 0 Å². The zero-order valence-electron chi connectivity index (χ0n) is 7.86. The number of nitrogens with zero attached hydrogens (tertiary/aromatic N) is 2. The molecule has 1 aliphatic rings. The average molecular weight is 257 g/mol. The Hall–Kier alpha value is -0.610. The van der Waals surface area contributed by atoms with Gasteiger partial charge in [-0.2, -0.15) is 0 Å². The second-order valence-electron chi connectivity index (χ2n) is 3.53. The van der Waals surface area contributed by atoms with Crippen molar-refractivity contribution in [2.45, 2.75) is 18.9 Å². The summed E-state index contributed by atoms with van der Waals surface area (Å²) in [6.45, 7) is 1.25. The summed E-state index contributed by atoms with van der Waals surface area (Å²) in [5.41, 5.74) is 1.09. The predicted octanol–water partition coefficient (Wildman–Crippen LogP) is 1.81. The number of hydrogen-bond acceptors (Lipinski definition) is 3. The number of anilines is 1. The first-order valence-electron chi connectivity index (χ1n) is 4.79. The largest absolute Gasteiger partial charge is 0.394 e. The molecule has 0 aromatic carbocycles. The molecule has 0 saturated carbocycles. The normalized spacial score (nSPS) is 21.6. The lowest BCUT2D eigenvalue weighted by atomic mass is 10.2. The highest BCUT2D eigenvalue weighted by Gasteiger charge is 2.23. The molecule has 1 fully saturated rings. The van der Waals surface area contributed by atoms with E-state index >= 15 is 0 Å². The van der Waals surface area contributed by atoms with Crippen LogP contribution in [0.15, 0.2) is 22.9 Å². The summed E-state index contributed by atoms with van der Waals surface area (Å²) in [4.78, 5) is 6.35. The molecule has 0 amide bonds. The number of hydrogen-bond donors (Lipinski definition) is 1. The predicted molar refractivity (Wildman–Crippen MR) is 59.4 cm³/mol. The minimum atomic E-state index is 0.229. The van der Waals surface area contributed by atoms with Crippen LogP contribution in [0, 0.1) is 0 Å². The topological polar surface area (TPSA) is 36.4 Å². The van der Waals surface area contributed by atoms with Crippen molar-refractivity contribution in [3.63, 3.8) is 0 Å². The molecule has 0 spiro atoms. The van der Waals surface area contributed by atoms with Crippen molar-refractivity contribution in [3.8, 4) is 0 Å². The van der Waals surface area contributed by atoms with Crippen LogP contribution in [0.3, 0.4) is 0 Å². The van der Waals surface area contributed by atoms with Gasteiger partial charge in [-0.15, -0.1) is 0 Å². The van der Waals surface area contributed by atoms with E-state index in [9.17, 15) is 5.11 Å². The molecule has 1 unspecified atom stereocenters. The fourth-order valence-corrected chi connectivity index (χ4v) is 2.28. The molecule has 0 radical (unpaired) electrons. The Bertz CT molecular complexity index is 319. The van der Waals surface area contributed by atoms with E-state index in [0.717, 1.165) is 29.5 Å². The van der Waals surface area contributed by atoms with Crippen LogP contribution >= 0.6 is 15.9 Å². The maximum atomic E-state index is 9.19. The summed E-state index contributed by atoms with van der Waals surface area (Å²) < 4.78 is 0.985. The van der Waals surface area contributed by atoms with Crippen LogP contribution in [0.4, 0.5) is 5.69 Å². The fraction of sp³-hybridized carbons (Fsp3) is 0.500. The van der Waals surface area contributed by atoms with Gasteiger partial charge in [0, 0.05) is 17.2 Å². The molecule has 2 heterocycles. The molecule has 1 aliphatic heterocycles. The Morgan fingerprint density at radius 1 is 1.57 bits per heavy atom. The van der Waals surface area contributed by atoms with Crippen LogP contribution in [0.2, 0.25) is 0 Å². The highest BCUT2D eigenvalue weighted by Crippen LogP contribution is 2.26. The molecule has 14 heavy (non-hydrogen) atoms. The van der Waals surface area contributed by atoms with Gasteiger partial charge < -0.3 is 10.0 Å². The Labute approximate surface area is 91.9 Å². The molecule has 0 aliphatic carbocycles. The minimum absolute atomic E-state index is 0.229. The lowest BCUT2D eigenvalue weighted by molar-refractivity contribution is 0.266. The lowest BCUT2D eigenvalue weighted by Gasteiger charge is -2.24. The number of aliphatic hydroxyl groups is 1. The van der Waals surface area contributed by atoms with Crippen LogP contribution in [0.1, 0.15) is 12.8 Å². The molecule has 0 bridgehead atoms. The second-order valence-corrected chi connectivity index (χ2v) is 4.45. The van der Waals surface area contributed by atoms with Crippen LogP contribution in [-0.4, -0.2) is 29.3 Å². The van der Waals surface area contributed by atoms with E-state index in [4.69, 9.17) is 0 Å². The minimum Gasteiger partial charge on any atom is -0.394 e. The quantitative estimate of drug-likeness (QED) is 0.877. The molecule has 1 aromatic rings. The van der Waals surface area contributed by atoms with Crippen LogP contribution in [-0.2, 0) is 0 Å². The number of halogens is 1. The Balaban J connectivity index is 2.21. The molecular formula is C10H13BrN2O. The van der Waals surface area contributed by atoms with Crippen molar-refractivity contribution >= 4 is 21.6 Å². The lowest BCUT2D eigenvalue weighted by Crippen LogP contribution is -2.32. The summed E-state index contributed by atoms with van der Waals surface area (Å²) in [6, 6.07) is 2.31. The third kappa shape index (κ3) is 1.91. The molecule has 2 rings (SSSR count). The first-order chi connectivity index (χ1) is 6.81. The van der Waals surface area contributed by atoms with Crippen molar-refractivity contribution in [1.29, 1.82) is 0 Å². The van der Waals surface area contributed by atoms with Gasteiger partial charge in [0.05, 0.1) is 24.5 Å². The van der Waals surface area contributed by atoms with Gasteiger partial charge in [0.1, 0.15) is 0 Å².